The number of phenols is 1. The average Bonchev–Trinajstić information content (AvgIpc) is 2.40. The molecular formula is C14H22N2O2S. The summed E-state index contributed by atoms with van der Waals surface area (Å²) in [5.74, 6) is 1.03. The molecule has 1 aromatic rings. The van der Waals surface area contributed by atoms with Crippen molar-refractivity contribution >= 4 is 23.4 Å². The summed E-state index contributed by atoms with van der Waals surface area (Å²) in [5, 5.41) is 12.2. The van der Waals surface area contributed by atoms with E-state index in [4.69, 9.17) is 5.73 Å². The molecule has 0 heterocycles. The first-order valence-electron chi connectivity index (χ1n) is 6.50. The lowest BCUT2D eigenvalue weighted by molar-refractivity contribution is 0.0953. The molecule has 0 saturated carbocycles. The Labute approximate surface area is 118 Å². The topological polar surface area (TPSA) is 75.3 Å². The van der Waals surface area contributed by atoms with E-state index in [-0.39, 0.29) is 11.7 Å². The summed E-state index contributed by atoms with van der Waals surface area (Å²) in [4.78, 5) is 11.8. The van der Waals surface area contributed by atoms with Gasteiger partial charge >= 0.3 is 0 Å². The van der Waals surface area contributed by atoms with Crippen molar-refractivity contribution in [3.8, 4) is 5.75 Å². The molecule has 4 N–H and O–H groups in total. The molecule has 0 spiro atoms. The highest BCUT2D eigenvalue weighted by Crippen LogP contribution is 2.18. The number of nitrogen functional groups attached to an aromatic ring is 1. The number of amides is 1. The SMILES string of the molecule is CSCCCCCCNC(=O)c1cc(O)ccc1N. The number of anilines is 1. The van der Waals surface area contributed by atoms with Gasteiger partial charge in [0.2, 0.25) is 0 Å². The third-order valence-corrected chi connectivity index (χ3v) is 3.54. The molecule has 0 bridgehead atoms. The molecule has 0 unspecified atom stereocenters. The zero-order valence-corrected chi connectivity index (χ0v) is 12.1. The zero-order chi connectivity index (χ0) is 14.1. The Hall–Kier alpha value is -1.36. The Morgan fingerprint density at radius 1 is 1.32 bits per heavy atom. The molecule has 0 fully saturated rings. The normalized spacial score (nSPS) is 10.4. The van der Waals surface area contributed by atoms with Crippen LogP contribution in [0.25, 0.3) is 0 Å². The van der Waals surface area contributed by atoms with E-state index in [1.54, 1.807) is 0 Å². The zero-order valence-electron chi connectivity index (χ0n) is 11.3. The van der Waals surface area contributed by atoms with Crippen molar-refractivity contribution in [1.82, 2.24) is 5.32 Å². The van der Waals surface area contributed by atoms with Crippen molar-refractivity contribution in [2.24, 2.45) is 0 Å². The Bertz CT molecular complexity index is 410. The van der Waals surface area contributed by atoms with Crippen molar-refractivity contribution in [2.45, 2.75) is 25.7 Å². The van der Waals surface area contributed by atoms with Gasteiger partial charge in [0.15, 0.2) is 0 Å². The molecule has 0 radical (unpaired) electrons. The van der Waals surface area contributed by atoms with Crippen LogP contribution in [-0.4, -0.2) is 29.6 Å². The number of hydrogen-bond acceptors (Lipinski definition) is 4. The smallest absolute Gasteiger partial charge is 0.253 e. The maximum Gasteiger partial charge on any atom is 0.253 e. The molecule has 5 heteroatoms. The van der Waals surface area contributed by atoms with Gasteiger partial charge in [-0.1, -0.05) is 12.8 Å². The molecule has 1 amide bonds. The molecule has 1 rings (SSSR count). The minimum Gasteiger partial charge on any atom is -0.508 e. The van der Waals surface area contributed by atoms with E-state index in [0.29, 0.717) is 17.8 Å². The van der Waals surface area contributed by atoms with Crippen molar-refractivity contribution in [1.29, 1.82) is 0 Å². The number of benzene rings is 1. The fraction of sp³-hybridized carbons (Fsp3) is 0.500. The molecule has 0 atom stereocenters. The van der Waals surface area contributed by atoms with Gasteiger partial charge in [0.05, 0.1) is 5.56 Å². The summed E-state index contributed by atoms with van der Waals surface area (Å²) in [5.41, 5.74) is 6.42. The summed E-state index contributed by atoms with van der Waals surface area (Å²) in [6, 6.07) is 4.40. The Kier molecular flexibility index (Phi) is 7.18. The predicted octanol–water partition coefficient (Wildman–Crippen LogP) is 2.63. The van der Waals surface area contributed by atoms with Gasteiger partial charge in [0.25, 0.3) is 5.91 Å². The van der Waals surface area contributed by atoms with Gasteiger partial charge < -0.3 is 16.2 Å². The second-order valence-electron chi connectivity index (χ2n) is 4.43. The van der Waals surface area contributed by atoms with Crippen molar-refractivity contribution < 1.29 is 9.90 Å². The van der Waals surface area contributed by atoms with Crippen molar-refractivity contribution in [3.63, 3.8) is 0 Å². The third-order valence-electron chi connectivity index (χ3n) is 2.84. The van der Waals surface area contributed by atoms with E-state index in [9.17, 15) is 9.90 Å². The Balaban J connectivity index is 2.26. The highest BCUT2D eigenvalue weighted by molar-refractivity contribution is 7.98. The van der Waals surface area contributed by atoms with E-state index in [1.165, 1.54) is 36.8 Å². The Morgan fingerprint density at radius 2 is 2.05 bits per heavy atom. The van der Waals surface area contributed by atoms with Crippen LogP contribution in [0.3, 0.4) is 0 Å². The molecule has 0 saturated heterocycles. The highest BCUT2D eigenvalue weighted by Gasteiger charge is 2.09. The standard InChI is InChI=1S/C14H22N2O2S/c1-19-9-5-3-2-4-8-16-14(18)12-10-11(17)6-7-13(12)15/h6-7,10,17H,2-5,8-9,15H2,1H3,(H,16,18). The van der Waals surface area contributed by atoms with Crippen LogP contribution >= 0.6 is 11.8 Å². The number of unbranched alkanes of at least 4 members (excludes halogenated alkanes) is 3. The monoisotopic (exact) mass is 282 g/mol. The largest absolute Gasteiger partial charge is 0.508 e. The molecular weight excluding hydrogens is 260 g/mol. The van der Waals surface area contributed by atoms with E-state index in [0.717, 1.165) is 12.8 Å². The van der Waals surface area contributed by atoms with Crippen molar-refractivity contribution in [2.75, 3.05) is 24.3 Å². The molecule has 106 valence electrons. The number of phenolic OH excluding ortho intramolecular Hbond substituents is 1. The summed E-state index contributed by atoms with van der Waals surface area (Å²) in [6.07, 6.45) is 6.63. The van der Waals surface area contributed by atoms with Crippen LogP contribution in [0, 0.1) is 0 Å². The highest BCUT2D eigenvalue weighted by atomic mass is 32.2. The van der Waals surface area contributed by atoms with E-state index < -0.39 is 0 Å². The molecule has 0 aliphatic carbocycles. The number of rotatable bonds is 8. The summed E-state index contributed by atoms with van der Waals surface area (Å²) < 4.78 is 0. The maximum absolute atomic E-state index is 11.8. The van der Waals surface area contributed by atoms with Crippen LogP contribution in [-0.2, 0) is 0 Å². The molecule has 0 aliphatic rings. The van der Waals surface area contributed by atoms with Crippen LogP contribution in [0.2, 0.25) is 0 Å². The lowest BCUT2D eigenvalue weighted by Gasteiger charge is -2.08. The van der Waals surface area contributed by atoms with Gasteiger partial charge in [-0.25, -0.2) is 0 Å². The summed E-state index contributed by atoms with van der Waals surface area (Å²) in [6.45, 7) is 0.646. The van der Waals surface area contributed by atoms with Crippen LogP contribution in [0.15, 0.2) is 18.2 Å². The van der Waals surface area contributed by atoms with Gasteiger partial charge in [0, 0.05) is 12.2 Å². The minimum absolute atomic E-state index is 0.0522. The predicted molar refractivity (Wildman–Crippen MR) is 81.7 cm³/mol. The Morgan fingerprint density at radius 3 is 2.79 bits per heavy atom. The van der Waals surface area contributed by atoms with Crippen LogP contribution in [0.4, 0.5) is 5.69 Å². The molecule has 0 aliphatic heterocycles. The van der Waals surface area contributed by atoms with E-state index >= 15 is 0 Å². The number of thioether (sulfide) groups is 1. The maximum atomic E-state index is 11.8. The number of aromatic hydroxyl groups is 1. The average molecular weight is 282 g/mol. The third kappa shape index (κ3) is 5.87. The first kappa shape index (κ1) is 15.7. The first-order valence-corrected chi connectivity index (χ1v) is 7.90. The minimum atomic E-state index is -0.225. The van der Waals surface area contributed by atoms with Crippen LogP contribution in [0.5, 0.6) is 5.75 Å². The lowest BCUT2D eigenvalue weighted by Crippen LogP contribution is -2.25. The fourth-order valence-electron chi connectivity index (χ4n) is 1.76. The van der Waals surface area contributed by atoms with Gasteiger partial charge in [-0.2, -0.15) is 11.8 Å². The number of nitrogens with one attached hydrogen (secondary N) is 1. The second-order valence-corrected chi connectivity index (χ2v) is 5.42. The number of carbonyl (C=O) groups excluding carboxylic acids is 1. The van der Waals surface area contributed by atoms with E-state index in [1.807, 2.05) is 11.8 Å². The molecule has 19 heavy (non-hydrogen) atoms. The van der Waals surface area contributed by atoms with Gasteiger partial charge in [-0.05, 0) is 43.0 Å². The molecule has 4 nitrogen and oxygen atoms in total. The second kappa shape index (κ2) is 8.69. The van der Waals surface area contributed by atoms with Crippen LogP contribution in [0.1, 0.15) is 36.0 Å². The van der Waals surface area contributed by atoms with Gasteiger partial charge in [-0.15, -0.1) is 0 Å². The molecule has 1 aromatic carbocycles. The number of hydrogen-bond donors (Lipinski definition) is 3. The van der Waals surface area contributed by atoms with Crippen molar-refractivity contribution in [3.05, 3.63) is 23.8 Å². The van der Waals surface area contributed by atoms with Crippen LogP contribution < -0.4 is 11.1 Å². The van der Waals surface area contributed by atoms with Gasteiger partial charge in [0.1, 0.15) is 5.75 Å². The number of carbonyl (C=O) groups is 1. The van der Waals surface area contributed by atoms with E-state index in [2.05, 4.69) is 11.6 Å². The quantitative estimate of drug-likeness (QED) is 0.389. The van der Waals surface area contributed by atoms with Gasteiger partial charge in [-0.3, -0.25) is 4.79 Å². The summed E-state index contributed by atoms with van der Waals surface area (Å²) >= 11 is 1.86. The first-order chi connectivity index (χ1) is 9.15. The lowest BCUT2D eigenvalue weighted by atomic mass is 10.1. The number of nitrogens with two attached hydrogens (primary N) is 1. The fourth-order valence-corrected chi connectivity index (χ4v) is 2.26. The summed E-state index contributed by atoms with van der Waals surface area (Å²) in [7, 11) is 0. The molecule has 0 aromatic heterocycles.